The lowest BCUT2D eigenvalue weighted by molar-refractivity contribution is -0.125. The van der Waals surface area contributed by atoms with E-state index in [1.807, 2.05) is 0 Å². The van der Waals surface area contributed by atoms with Crippen LogP contribution in [0.15, 0.2) is 42.5 Å². The van der Waals surface area contributed by atoms with Crippen LogP contribution in [0.3, 0.4) is 0 Å². The highest BCUT2D eigenvalue weighted by atomic mass is 35.5. The largest absolute Gasteiger partial charge is 0.479 e. The van der Waals surface area contributed by atoms with Crippen molar-refractivity contribution in [1.82, 2.24) is 5.32 Å². The molecule has 1 atom stereocenters. The zero-order chi connectivity index (χ0) is 19.3. The van der Waals surface area contributed by atoms with Crippen molar-refractivity contribution in [2.45, 2.75) is 13.0 Å². The second-order valence-electron chi connectivity index (χ2n) is 5.22. The van der Waals surface area contributed by atoms with Gasteiger partial charge in [-0.25, -0.2) is 0 Å². The van der Waals surface area contributed by atoms with E-state index in [0.717, 1.165) is 0 Å². The zero-order valence-corrected chi connectivity index (χ0v) is 15.9. The highest BCUT2D eigenvalue weighted by molar-refractivity contribution is 7.80. The van der Waals surface area contributed by atoms with Crippen LogP contribution in [0.1, 0.15) is 17.3 Å². The molecule has 0 aliphatic heterocycles. The summed E-state index contributed by atoms with van der Waals surface area (Å²) in [5.41, 5.74) is 6.13. The second kappa shape index (κ2) is 8.84. The van der Waals surface area contributed by atoms with E-state index in [1.54, 1.807) is 43.3 Å². The third-order valence-corrected chi connectivity index (χ3v) is 3.97. The fourth-order valence-corrected chi connectivity index (χ4v) is 2.58. The first kappa shape index (κ1) is 20.0. The first-order valence-corrected chi connectivity index (χ1v) is 8.56. The molecule has 136 valence electrons. The van der Waals surface area contributed by atoms with Crippen molar-refractivity contribution in [3.8, 4) is 5.75 Å². The van der Waals surface area contributed by atoms with Gasteiger partial charge in [0.25, 0.3) is 5.91 Å². The molecule has 0 unspecified atom stereocenters. The van der Waals surface area contributed by atoms with Gasteiger partial charge in [-0.05, 0) is 61.6 Å². The molecule has 0 saturated heterocycles. The van der Waals surface area contributed by atoms with Crippen LogP contribution in [0.25, 0.3) is 0 Å². The normalized spacial score (nSPS) is 11.3. The number of hydrogen-bond acceptors (Lipinski definition) is 4. The van der Waals surface area contributed by atoms with Gasteiger partial charge in [-0.15, -0.1) is 0 Å². The fourth-order valence-electron chi connectivity index (χ4n) is 1.91. The minimum atomic E-state index is -0.842. The summed E-state index contributed by atoms with van der Waals surface area (Å²) in [5.74, 6) is -0.652. The van der Waals surface area contributed by atoms with Gasteiger partial charge < -0.3 is 15.8 Å². The van der Waals surface area contributed by atoms with Gasteiger partial charge in [-0.1, -0.05) is 23.2 Å². The monoisotopic (exact) mass is 411 g/mol. The van der Waals surface area contributed by atoms with Crippen LogP contribution in [0.2, 0.25) is 10.0 Å². The molecule has 0 aliphatic carbocycles. The summed E-state index contributed by atoms with van der Waals surface area (Å²) in [6, 6.07) is 11.0. The molecule has 0 radical (unpaired) electrons. The number of carbonyl (C=O) groups excluding carboxylic acids is 2. The first-order chi connectivity index (χ1) is 12.3. The number of nitrogens with one attached hydrogen (secondary N) is 2. The fraction of sp³-hybridized carbons (Fsp3) is 0.118. The molecule has 9 heteroatoms. The van der Waals surface area contributed by atoms with Crippen LogP contribution in [-0.2, 0) is 4.79 Å². The number of thiocarbonyl (C=S) groups is 1. The van der Waals surface area contributed by atoms with Gasteiger partial charge in [-0.2, -0.15) is 0 Å². The molecular formula is C17H15Cl2N3O3S. The number of hydrogen-bond donors (Lipinski definition) is 3. The molecule has 0 aliphatic rings. The number of amides is 2. The topological polar surface area (TPSA) is 93.4 Å². The van der Waals surface area contributed by atoms with E-state index in [0.29, 0.717) is 27.0 Å². The van der Waals surface area contributed by atoms with E-state index < -0.39 is 17.9 Å². The molecule has 26 heavy (non-hydrogen) atoms. The number of carbonyl (C=O) groups is 2. The Morgan fingerprint density at radius 1 is 1.15 bits per heavy atom. The Balaban J connectivity index is 1.91. The maximum absolute atomic E-state index is 12.2. The number of anilines is 1. The molecule has 2 amide bonds. The molecule has 0 spiro atoms. The minimum Gasteiger partial charge on any atom is -0.479 e. The Bertz CT molecular complexity index is 844. The maximum atomic E-state index is 12.2. The van der Waals surface area contributed by atoms with Gasteiger partial charge in [0.05, 0.1) is 5.02 Å². The van der Waals surface area contributed by atoms with Crippen molar-refractivity contribution in [2.75, 3.05) is 5.32 Å². The summed E-state index contributed by atoms with van der Waals surface area (Å²) >= 11 is 16.9. The van der Waals surface area contributed by atoms with E-state index in [4.69, 9.17) is 45.9 Å². The Labute approximate surface area is 165 Å². The molecule has 6 nitrogen and oxygen atoms in total. The summed E-state index contributed by atoms with van der Waals surface area (Å²) in [4.78, 5) is 23.2. The van der Waals surface area contributed by atoms with Gasteiger partial charge in [0.15, 0.2) is 11.2 Å². The average molecular weight is 412 g/mol. The van der Waals surface area contributed by atoms with Crippen molar-refractivity contribution in [3.05, 3.63) is 58.1 Å². The summed E-state index contributed by atoms with van der Waals surface area (Å²) in [7, 11) is 0. The van der Waals surface area contributed by atoms with E-state index in [-0.39, 0.29) is 5.11 Å². The smallest absolute Gasteiger partial charge is 0.266 e. The molecule has 4 N–H and O–H groups in total. The highest BCUT2D eigenvalue weighted by Crippen LogP contribution is 2.28. The van der Waals surface area contributed by atoms with Crippen molar-refractivity contribution in [2.24, 2.45) is 5.73 Å². The molecule has 2 rings (SSSR count). The number of primary amides is 1. The summed E-state index contributed by atoms with van der Waals surface area (Å²) in [5, 5.41) is 6.18. The number of nitrogens with two attached hydrogens (primary N) is 1. The third-order valence-electron chi connectivity index (χ3n) is 3.23. The maximum Gasteiger partial charge on any atom is 0.266 e. The van der Waals surface area contributed by atoms with Crippen LogP contribution >= 0.6 is 35.4 Å². The second-order valence-corrected chi connectivity index (χ2v) is 6.47. The average Bonchev–Trinajstić information content (AvgIpc) is 2.57. The molecular weight excluding hydrogens is 397 g/mol. The Morgan fingerprint density at radius 3 is 2.38 bits per heavy atom. The van der Waals surface area contributed by atoms with Crippen LogP contribution in [0.4, 0.5) is 5.69 Å². The van der Waals surface area contributed by atoms with Gasteiger partial charge >= 0.3 is 0 Å². The number of halogens is 2. The lowest BCUT2D eigenvalue weighted by Crippen LogP contribution is -2.42. The predicted molar refractivity (Wildman–Crippen MR) is 106 cm³/mol. The van der Waals surface area contributed by atoms with Crippen molar-refractivity contribution in [3.63, 3.8) is 0 Å². The Morgan fingerprint density at radius 2 is 1.81 bits per heavy atom. The molecule has 0 bridgehead atoms. The summed E-state index contributed by atoms with van der Waals surface area (Å²) < 4.78 is 5.51. The van der Waals surface area contributed by atoms with Crippen molar-refractivity contribution < 1.29 is 14.3 Å². The minimum absolute atomic E-state index is 0.0829. The first-order valence-electron chi connectivity index (χ1n) is 7.39. The zero-order valence-electron chi connectivity index (χ0n) is 13.6. The van der Waals surface area contributed by atoms with E-state index >= 15 is 0 Å². The van der Waals surface area contributed by atoms with Crippen LogP contribution in [0, 0.1) is 0 Å². The predicted octanol–water partition coefficient (Wildman–Crippen LogP) is 3.37. The molecule has 2 aromatic carbocycles. The van der Waals surface area contributed by atoms with Gasteiger partial charge in [0, 0.05) is 16.3 Å². The Hall–Kier alpha value is -2.35. The lowest BCUT2D eigenvalue weighted by atomic mass is 10.2. The molecule has 2 aromatic rings. The Kier molecular flexibility index (Phi) is 6.79. The van der Waals surface area contributed by atoms with E-state index in [9.17, 15) is 9.59 Å². The van der Waals surface area contributed by atoms with Gasteiger partial charge in [0.1, 0.15) is 5.75 Å². The number of benzene rings is 2. The van der Waals surface area contributed by atoms with Crippen molar-refractivity contribution in [1.29, 1.82) is 0 Å². The molecule has 0 aromatic heterocycles. The van der Waals surface area contributed by atoms with E-state index in [2.05, 4.69) is 10.6 Å². The molecule has 0 saturated carbocycles. The summed E-state index contributed by atoms with van der Waals surface area (Å²) in [6.45, 7) is 1.56. The molecule has 0 heterocycles. The molecule has 0 fully saturated rings. The van der Waals surface area contributed by atoms with Crippen molar-refractivity contribution >= 4 is 58.0 Å². The summed E-state index contributed by atoms with van der Waals surface area (Å²) in [6.07, 6.45) is -0.842. The SMILES string of the molecule is C[C@@H](Oc1ccc(Cl)cc1Cl)C(=O)NC(=S)Nc1ccc(C(N)=O)cc1. The highest BCUT2D eigenvalue weighted by Gasteiger charge is 2.17. The number of ether oxygens (including phenoxy) is 1. The third kappa shape index (κ3) is 5.59. The van der Waals surface area contributed by atoms with E-state index in [1.165, 1.54) is 6.07 Å². The van der Waals surface area contributed by atoms with Gasteiger partial charge in [-0.3, -0.25) is 14.9 Å². The number of rotatable bonds is 5. The van der Waals surface area contributed by atoms with Crippen LogP contribution in [0.5, 0.6) is 5.75 Å². The standard InChI is InChI=1S/C17H15Cl2N3O3S/c1-9(25-14-7-4-11(18)8-13(14)19)16(24)22-17(26)21-12-5-2-10(3-6-12)15(20)23/h2-9H,1H3,(H2,20,23)(H2,21,22,24,26)/t9-/m1/s1. The quantitative estimate of drug-likeness (QED) is 0.655. The lowest BCUT2D eigenvalue weighted by Gasteiger charge is -2.16. The van der Waals surface area contributed by atoms with Crippen LogP contribution in [-0.4, -0.2) is 23.0 Å². The van der Waals surface area contributed by atoms with Gasteiger partial charge in [0.2, 0.25) is 5.91 Å². The van der Waals surface area contributed by atoms with Crippen LogP contribution < -0.4 is 21.1 Å².